The van der Waals surface area contributed by atoms with Gasteiger partial charge in [0.25, 0.3) is 0 Å². The van der Waals surface area contributed by atoms with Gasteiger partial charge in [-0.2, -0.15) is 0 Å². The SMILES string of the molecule is CC(C)(C)CC(c1ccc(OCC(=O)OC(C)(C)C)cc1)C(C)(C)C. The van der Waals surface area contributed by atoms with Crippen molar-refractivity contribution in [3.63, 3.8) is 0 Å². The zero-order chi connectivity index (χ0) is 19.5. The molecular formula is C22H36O3. The van der Waals surface area contributed by atoms with Crippen LogP contribution in [0.15, 0.2) is 24.3 Å². The summed E-state index contributed by atoms with van der Waals surface area (Å²) < 4.78 is 10.8. The fraction of sp³-hybridized carbons (Fsp3) is 0.682. The summed E-state index contributed by atoms with van der Waals surface area (Å²) in [6.07, 6.45) is 1.12. The van der Waals surface area contributed by atoms with Crippen molar-refractivity contribution in [2.75, 3.05) is 6.61 Å². The summed E-state index contributed by atoms with van der Waals surface area (Å²) in [5.74, 6) is 0.808. The second-order valence-corrected chi connectivity index (χ2v) is 10.1. The van der Waals surface area contributed by atoms with Crippen LogP contribution in [0.2, 0.25) is 0 Å². The van der Waals surface area contributed by atoms with Crippen LogP contribution in [0.4, 0.5) is 0 Å². The minimum absolute atomic E-state index is 0.0681. The number of esters is 1. The van der Waals surface area contributed by atoms with Crippen LogP contribution in [-0.4, -0.2) is 18.2 Å². The molecule has 1 unspecified atom stereocenters. The highest BCUT2D eigenvalue weighted by Gasteiger charge is 2.30. The molecule has 1 atom stereocenters. The van der Waals surface area contributed by atoms with Crippen molar-refractivity contribution in [1.29, 1.82) is 0 Å². The van der Waals surface area contributed by atoms with E-state index in [4.69, 9.17) is 9.47 Å². The summed E-state index contributed by atoms with van der Waals surface area (Å²) in [5.41, 5.74) is 1.28. The van der Waals surface area contributed by atoms with Gasteiger partial charge in [-0.3, -0.25) is 0 Å². The topological polar surface area (TPSA) is 35.5 Å². The average molecular weight is 349 g/mol. The molecule has 0 amide bonds. The normalized spacial score (nSPS) is 14.1. The molecule has 0 aromatic heterocycles. The van der Waals surface area contributed by atoms with Crippen molar-refractivity contribution >= 4 is 5.97 Å². The minimum Gasteiger partial charge on any atom is -0.482 e. The van der Waals surface area contributed by atoms with Gasteiger partial charge in [0.2, 0.25) is 0 Å². The Bertz CT molecular complexity index is 551. The quantitative estimate of drug-likeness (QED) is 0.615. The van der Waals surface area contributed by atoms with Gasteiger partial charge in [-0.05, 0) is 61.6 Å². The molecule has 0 saturated heterocycles. The highest BCUT2D eigenvalue weighted by atomic mass is 16.6. The van der Waals surface area contributed by atoms with Crippen LogP contribution in [0.5, 0.6) is 5.75 Å². The number of carbonyl (C=O) groups excluding carboxylic acids is 1. The predicted molar refractivity (Wildman–Crippen MR) is 104 cm³/mol. The maximum absolute atomic E-state index is 11.7. The summed E-state index contributed by atoms with van der Waals surface area (Å²) in [4.78, 5) is 11.7. The van der Waals surface area contributed by atoms with Crippen LogP contribution < -0.4 is 4.74 Å². The van der Waals surface area contributed by atoms with E-state index in [9.17, 15) is 4.79 Å². The predicted octanol–water partition coefficient (Wildman–Crippen LogP) is 5.97. The van der Waals surface area contributed by atoms with Gasteiger partial charge in [0.1, 0.15) is 11.4 Å². The van der Waals surface area contributed by atoms with E-state index in [1.54, 1.807) is 0 Å². The minimum atomic E-state index is -0.489. The Balaban J connectivity index is 2.78. The van der Waals surface area contributed by atoms with Gasteiger partial charge >= 0.3 is 5.97 Å². The summed E-state index contributed by atoms with van der Waals surface area (Å²) in [5, 5.41) is 0. The first-order valence-electron chi connectivity index (χ1n) is 9.12. The average Bonchev–Trinajstić information content (AvgIpc) is 2.39. The lowest BCUT2D eigenvalue weighted by Gasteiger charge is -2.36. The molecule has 0 aliphatic heterocycles. The zero-order valence-corrected chi connectivity index (χ0v) is 17.5. The largest absolute Gasteiger partial charge is 0.482 e. The molecule has 0 fully saturated rings. The number of carbonyl (C=O) groups is 1. The Labute approximate surface area is 154 Å². The number of hydrogen-bond acceptors (Lipinski definition) is 3. The second-order valence-electron chi connectivity index (χ2n) is 10.1. The molecule has 142 valence electrons. The maximum Gasteiger partial charge on any atom is 0.344 e. The smallest absolute Gasteiger partial charge is 0.344 e. The van der Waals surface area contributed by atoms with Gasteiger partial charge in [-0.15, -0.1) is 0 Å². The highest BCUT2D eigenvalue weighted by Crippen LogP contribution is 2.43. The summed E-state index contributed by atoms with van der Waals surface area (Å²) in [6.45, 7) is 19.2. The summed E-state index contributed by atoms with van der Waals surface area (Å²) in [6, 6.07) is 8.13. The van der Waals surface area contributed by atoms with Crippen LogP contribution >= 0.6 is 0 Å². The fourth-order valence-corrected chi connectivity index (χ4v) is 2.85. The first-order chi connectivity index (χ1) is 11.2. The van der Waals surface area contributed by atoms with E-state index >= 15 is 0 Å². The van der Waals surface area contributed by atoms with Crippen molar-refractivity contribution in [3.8, 4) is 5.75 Å². The van der Waals surface area contributed by atoms with Gasteiger partial charge in [-0.25, -0.2) is 4.79 Å². The van der Waals surface area contributed by atoms with Gasteiger partial charge in [0.05, 0.1) is 0 Å². The molecule has 3 heteroatoms. The van der Waals surface area contributed by atoms with Crippen LogP contribution in [0.1, 0.15) is 80.2 Å². The van der Waals surface area contributed by atoms with E-state index in [2.05, 4.69) is 53.7 Å². The lowest BCUT2D eigenvalue weighted by atomic mass is 9.69. The standard InChI is InChI=1S/C22H36O3/c1-20(2,3)14-18(21(4,5)6)16-10-12-17(13-11-16)24-15-19(23)25-22(7,8)9/h10-13,18H,14-15H2,1-9H3. The highest BCUT2D eigenvalue weighted by molar-refractivity contribution is 5.71. The molecule has 1 rings (SSSR count). The number of rotatable bonds is 5. The van der Waals surface area contributed by atoms with E-state index in [0.29, 0.717) is 11.7 Å². The van der Waals surface area contributed by atoms with Crippen molar-refractivity contribution < 1.29 is 14.3 Å². The summed E-state index contributed by atoms with van der Waals surface area (Å²) >= 11 is 0. The molecule has 0 heterocycles. The van der Waals surface area contributed by atoms with E-state index < -0.39 is 5.60 Å². The van der Waals surface area contributed by atoms with Gasteiger partial charge in [0, 0.05) is 0 Å². The van der Waals surface area contributed by atoms with Gasteiger partial charge < -0.3 is 9.47 Å². The first kappa shape index (κ1) is 21.5. The monoisotopic (exact) mass is 348 g/mol. The molecule has 0 spiro atoms. The molecule has 1 aromatic rings. The molecule has 3 nitrogen and oxygen atoms in total. The third-order valence-corrected chi connectivity index (χ3v) is 3.92. The van der Waals surface area contributed by atoms with Gasteiger partial charge in [-0.1, -0.05) is 53.7 Å². The lowest BCUT2D eigenvalue weighted by molar-refractivity contribution is -0.157. The molecule has 0 saturated carbocycles. The molecule has 1 aromatic carbocycles. The van der Waals surface area contributed by atoms with Crippen LogP contribution in [0.3, 0.4) is 0 Å². The van der Waals surface area contributed by atoms with E-state index in [1.165, 1.54) is 5.56 Å². The molecule has 0 radical (unpaired) electrons. The van der Waals surface area contributed by atoms with Crippen LogP contribution in [0, 0.1) is 10.8 Å². The Morgan fingerprint density at radius 1 is 0.920 bits per heavy atom. The molecule has 0 aliphatic carbocycles. The number of ether oxygens (including phenoxy) is 2. The molecule has 0 bridgehead atoms. The zero-order valence-electron chi connectivity index (χ0n) is 17.5. The Kier molecular flexibility index (Phi) is 6.72. The van der Waals surface area contributed by atoms with Crippen LogP contribution in [-0.2, 0) is 9.53 Å². The molecule has 0 aliphatic rings. The Hall–Kier alpha value is -1.51. The second kappa shape index (κ2) is 7.80. The Morgan fingerprint density at radius 2 is 1.44 bits per heavy atom. The first-order valence-corrected chi connectivity index (χ1v) is 9.12. The van der Waals surface area contributed by atoms with E-state index in [1.807, 2.05) is 32.9 Å². The summed E-state index contributed by atoms with van der Waals surface area (Å²) in [7, 11) is 0. The Morgan fingerprint density at radius 3 is 1.84 bits per heavy atom. The van der Waals surface area contributed by atoms with E-state index in [0.717, 1.165) is 6.42 Å². The fourth-order valence-electron chi connectivity index (χ4n) is 2.85. The van der Waals surface area contributed by atoms with Crippen LogP contribution in [0.25, 0.3) is 0 Å². The maximum atomic E-state index is 11.7. The van der Waals surface area contributed by atoms with Crippen molar-refractivity contribution in [2.24, 2.45) is 10.8 Å². The third kappa shape index (κ3) is 8.42. The van der Waals surface area contributed by atoms with Gasteiger partial charge in [0.15, 0.2) is 6.61 Å². The van der Waals surface area contributed by atoms with Crippen molar-refractivity contribution in [1.82, 2.24) is 0 Å². The molecule has 0 N–H and O–H groups in total. The molecular weight excluding hydrogens is 312 g/mol. The van der Waals surface area contributed by atoms with E-state index in [-0.39, 0.29) is 23.4 Å². The third-order valence-electron chi connectivity index (χ3n) is 3.92. The van der Waals surface area contributed by atoms with Crippen molar-refractivity contribution in [3.05, 3.63) is 29.8 Å². The molecule has 25 heavy (non-hydrogen) atoms. The lowest BCUT2D eigenvalue weighted by Crippen LogP contribution is -2.27. The van der Waals surface area contributed by atoms with Crippen molar-refractivity contribution in [2.45, 2.75) is 80.3 Å². The number of hydrogen-bond donors (Lipinski definition) is 0. The number of benzene rings is 1.